The van der Waals surface area contributed by atoms with E-state index in [2.05, 4.69) is 4.98 Å². The van der Waals surface area contributed by atoms with Crippen molar-refractivity contribution in [2.45, 2.75) is 13.0 Å². The summed E-state index contributed by atoms with van der Waals surface area (Å²) >= 11 is 0. The van der Waals surface area contributed by atoms with Crippen molar-refractivity contribution in [3.8, 4) is 0 Å². The second-order valence-corrected chi connectivity index (χ2v) is 4.12. The van der Waals surface area contributed by atoms with Gasteiger partial charge in [0.25, 0.3) is 5.91 Å². The number of carbonyl (C=O) groups excluding carboxylic acids is 1. The van der Waals surface area contributed by atoms with Crippen molar-refractivity contribution in [3.05, 3.63) is 29.6 Å². The summed E-state index contributed by atoms with van der Waals surface area (Å²) in [6.45, 7) is 4.00. The van der Waals surface area contributed by atoms with Crippen molar-refractivity contribution < 1.29 is 9.53 Å². The molecule has 92 valence electrons. The second-order valence-electron chi connectivity index (χ2n) is 4.12. The highest BCUT2D eigenvalue weighted by atomic mass is 16.5. The van der Waals surface area contributed by atoms with Gasteiger partial charge in [0.15, 0.2) is 0 Å². The highest BCUT2D eigenvalue weighted by Crippen LogP contribution is 2.12. The molecule has 1 saturated heterocycles. The van der Waals surface area contributed by atoms with Gasteiger partial charge in [-0.25, -0.2) is 0 Å². The first kappa shape index (κ1) is 12.0. The number of morpholine rings is 1. The first-order chi connectivity index (χ1) is 8.22. The molecule has 5 heteroatoms. The molecule has 1 fully saturated rings. The molecule has 1 aliphatic heterocycles. The van der Waals surface area contributed by atoms with E-state index in [0.717, 1.165) is 5.69 Å². The fourth-order valence-electron chi connectivity index (χ4n) is 1.93. The van der Waals surface area contributed by atoms with E-state index in [1.165, 1.54) is 0 Å². The Kier molecular flexibility index (Phi) is 3.71. The van der Waals surface area contributed by atoms with Gasteiger partial charge < -0.3 is 15.4 Å². The van der Waals surface area contributed by atoms with Crippen molar-refractivity contribution in [1.29, 1.82) is 0 Å². The summed E-state index contributed by atoms with van der Waals surface area (Å²) in [5.41, 5.74) is 6.97. The Bertz CT molecular complexity index is 408. The van der Waals surface area contributed by atoms with E-state index in [1.54, 1.807) is 23.2 Å². The molecule has 0 aliphatic carbocycles. The normalized spacial score (nSPS) is 20.4. The van der Waals surface area contributed by atoms with Gasteiger partial charge in [-0.05, 0) is 19.1 Å². The Balaban J connectivity index is 2.12. The van der Waals surface area contributed by atoms with Gasteiger partial charge >= 0.3 is 0 Å². The molecule has 0 radical (unpaired) electrons. The van der Waals surface area contributed by atoms with E-state index in [9.17, 15) is 4.79 Å². The number of ether oxygens (including phenoxy) is 1. The number of amides is 1. The summed E-state index contributed by atoms with van der Waals surface area (Å²) in [5, 5.41) is 0. The highest BCUT2D eigenvalue weighted by molar-refractivity contribution is 5.95. The largest absolute Gasteiger partial charge is 0.373 e. The maximum absolute atomic E-state index is 12.3. The molecule has 2 heterocycles. The van der Waals surface area contributed by atoms with Gasteiger partial charge in [0.05, 0.1) is 18.3 Å². The van der Waals surface area contributed by atoms with Crippen molar-refractivity contribution in [2.24, 2.45) is 5.73 Å². The average molecular weight is 235 g/mol. The topological polar surface area (TPSA) is 68.5 Å². The number of aryl methyl sites for hydroxylation is 1. The molecule has 1 aliphatic rings. The molecular weight excluding hydrogens is 218 g/mol. The van der Waals surface area contributed by atoms with Gasteiger partial charge in [-0.3, -0.25) is 9.78 Å². The van der Waals surface area contributed by atoms with Gasteiger partial charge in [-0.2, -0.15) is 0 Å². The third-order valence-electron chi connectivity index (χ3n) is 2.93. The zero-order chi connectivity index (χ0) is 12.3. The average Bonchev–Trinajstić information content (AvgIpc) is 2.38. The number of rotatable bonds is 2. The summed E-state index contributed by atoms with van der Waals surface area (Å²) in [5.74, 6) is 0.0114. The number of nitrogens with zero attached hydrogens (tertiary/aromatic N) is 2. The predicted molar refractivity (Wildman–Crippen MR) is 63.7 cm³/mol. The molecule has 1 aromatic rings. The molecule has 1 aromatic heterocycles. The predicted octanol–water partition coefficient (Wildman–Crippen LogP) is 0.190. The molecule has 2 rings (SSSR count). The number of carbonyl (C=O) groups is 1. The fraction of sp³-hybridized carbons (Fsp3) is 0.500. The van der Waals surface area contributed by atoms with Crippen LogP contribution in [-0.2, 0) is 4.74 Å². The molecule has 0 saturated carbocycles. The van der Waals surface area contributed by atoms with Gasteiger partial charge in [0.2, 0.25) is 0 Å². The highest BCUT2D eigenvalue weighted by Gasteiger charge is 2.25. The van der Waals surface area contributed by atoms with Crippen molar-refractivity contribution >= 4 is 5.91 Å². The number of nitrogens with two attached hydrogens (primary N) is 1. The fourth-order valence-corrected chi connectivity index (χ4v) is 1.93. The molecule has 0 bridgehead atoms. The van der Waals surface area contributed by atoms with Crippen LogP contribution in [0.5, 0.6) is 0 Å². The lowest BCUT2D eigenvalue weighted by molar-refractivity contribution is -0.0168. The van der Waals surface area contributed by atoms with Crippen LogP contribution in [0, 0.1) is 6.92 Å². The smallest absolute Gasteiger partial charge is 0.255 e. The molecule has 1 unspecified atom stereocenters. The summed E-state index contributed by atoms with van der Waals surface area (Å²) < 4.78 is 5.44. The van der Waals surface area contributed by atoms with Crippen molar-refractivity contribution in [3.63, 3.8) is 0 Å². The van der Waals surface area contributed by atoms with Crippen LogP contribution in [0.15, 0.2) is 18.3 Å². The zero-order valence-electron chi connectivity index (χ0n) is 9.93. The lowest BCUT2D eigenvalue weighted by atomic mass is 10.1. The lowest BCUT2D eigenvalue weighted by Gasteiger charge is -2.32. The molecule has 17 heavy (non-hydrogen) atoms. The van der Waals surface area contributed by atoms with Gasteiger partial charge in [0.1, 0.15) is 0 Å². The van der Waals surface area contributed by atoms with Crippen LogP contribution in [0.4, 0.5) is 0 Å². The Morgan fingerprint density at radius 3 is 3.24 bits per heavy atom. The third-order valence-corrected chi connectivity index (χ3v) is 2.93. The van der Waals surface area contributed by atoms with Crippen molar-refractivity contribution in [2.75, 3.05) is 26.2 Å². The van der Waals surface area contributed by atoms with E-state index in [1.807, 2.05) is 6.92 Å². The van der Waals surface area contributed by atoms with Crippen LogP contribution in [0.2, 0.25) is 0 Å². The maximum Gasteiger partial charge on any atom is 0.255 e. The van der Waals surface area contributed by atoms with E-state index < -0.39 is 0 Å². The van der Waals surface area contributed by atoms with Crippen LogP contribution in [-0.4, -0.2) is 48.1 Å². The van der Waals surface area contributed by atoms with Crippen LogP contribution in [0.1, 0.15) is 16.1 Å². The third kappa shape index (κ3) is 2.62. The Labute approximate surface area is 101 Å². The van der Waals surface area contributed by atoms with E-state index in [4.69, 9.17) is 10.5 Å². The van der Waals surface area contributed by atoms with Crippen molar-refractivity contribution in [1.82, 2.24) is 9.88 Å². The first-order valence-corrected chi connectivity index (χ1v) is 5.75. The van der Waals surface area contributed by atoms with Crippen LogP contribution in [0.25, 0.3) is 0 Å². The van der Waals surface area contributed by atoms with Crippen LogP contribution in [0.3, 0.4) is 0 Å². The quantitative estimate of drug-likeness (QED) is 0.794. The summed E-state index contributed by atoms with van der Waals surface area (Å²) in [6, 6.07) is 3.58. The minimum atomic E-state index is -0.0512. The second kappa shape index (κ2) is 5.25. The number of hydrogen-bond donors (Lipinski definition) is 1. The lowest BCUT2D eigenvalue weighted by Crippen LogP contribution is -2.48. The number of hydrogen-bond acceptors (Lipinski definition) is 4. The molecular formula is C12H17N3O2. The van der Waals surface area contributed by atoms with E-state index in [0.29, 0.717) is 31.8 Å². The SMILES string of the molecule is Cc1ncccc1C(=O)N1CCOC(CN)C1. The Morgan fingerprint density at radius 2 is 2.53 bits per heavy atom. The minimum absolute atomic E-state index is 0.0114. The molecule has 5 nitrogen and oxygen atoms in total. The molecule has 1 amide bonds. The standard InChI is InChI=1S/C12H17N3O2/c1-9-11(3-2-4-14-9)12(16)15-5-6-17-10(7-13)8-15/h2-4,10H,5-8,13H2,1H3. The monoisotopic (exact) mass is 235 g/mol. The number of pyridine rings is 1. The maximum atomic E-state index is 12.3. The molecule has 1 atom stereocenters. The Morgan fingerprint density at radius 1 is 1.71 bits per heavy atom. The molecule has 2 N–H and O–H groups in total. The van der Waals surface area contributed by atoms with Crippen LogP contribution < -0.4 is 5.73 Å². The number of aromatic nitrogens is 1. The minimum Gasteiger partial charge on any atom is -0.373 e. The van der Waals surface area contributed by atoms with Gasteiger partial charge in [-0.1, -0.05) is 0 Å². The zero-order valence-corrected chi connectivity index (χ0v) is 9.93. The van der Waals surface area contributed by atoms with Crippen LogP contribution >= 0.6 is 0 Å². The summed E-state index contributed by atoms with van der Waals surface area (Å²) in [7, 11) is 0. The Hall–Kier alpha value is -1.46. The molecule has 0 aromatic carbocycles. The first-order valence-electron chi connectivity index (χ1n) is 5.75. The summed E-state index contributed by atoms with van der Waals surface area (Å²) in [6.07, 6.45) is 1.64. The van der Waals surface area contributed by atoms with Gasteiger partial charge in [-0.15, -0.1) is 0 Å². The van der Waals surface area contributed by atoms with E-state index >= 15 is 0 Å². The van der Waals surface area contributed by atoms with E-state index in [-0.39, 0.29) is 12.0 Å². The van der Waals surface area contributed by atoms with Gasteiger partial charge in [0, 0.05) is 31.5 Å². The summed E-state index contributed by atoms with van der Waals surface area (Å²) in [4.78, 5) is 18.2. The molecule has 0 spiro atoms.